The molecule has 28 heavy (non-hydrogen) atoms. The Morgan fingerprint density at radius 1 is 0.536 bits per heavy atom. The Balaban J connectivity index is 3.05. The van der Waals surface area contributed by atoms with Gasteiger partial charge in [-0.25, -0.2) is 4.79 Å². The number of halogens is 1. The Morgan fingerprint density at radius 3 is 1.11 bits per heavy atom. The second kappa shape index (κ2) is 22.7. The summed E-state index contributed by atoms with van der Waals surface area (Å²) in [6.07, 6.45) is 26.8. The third-order valence-corrected chi connectivity index (χ3v) is 5.55. The minimum Gasteiger partial charge on any atom is -0.459 e. The molecular formula is C24H45ClO3. The van der Waals surface area contributed by atoms with Gasteiger partial charge in [-0.2, -0.15) is 0 Å². The molecule has 0 N–H and O–H groups in total. The van der Waals surface area contributed by atoms with Crippen LogP contribution in [0.3, 0.4) is 0 Å². The van der Waals surface area contributed by atoms with Gasteiger partial charge in [0.05, 0.1) is 6.61 Å². The molecule has 0 radical (unpaired) electrons. The van der Waals surface area contributed by atoms with Crippen molar-refractivity contribution in [3.63, 3.8) is 0 Å². The van der Waals surface area contributed by atoms with Crippen LogP contribution in [-0.4, -0.2) is 17.8 Å². The highest BCUT2D eigenvalue weighted by atomic mass is 35.5. The highest BCUT2D eigenvalue weighted by Crippen LogP contribution is 2.14. The lowest BCUT2D eigenvalue weighted by atomic mass is 10.0. The molecule has 0 aromatic heterocycles. The quantitative estimate of drug-likeness (QED) is 0.0774. The van der Waals surface area contributed by atoms with E-state index in [-0.39, 0.29) is 0 Å². The second-order valence-corrected chi connectivity index (χ2v) is 8.47. The number of hydrogen-bond donors (Lipinski definition) is 0. The molecule has 0 bridgehead atoms. The molecule has 0 unspecified atom stereocenters. The van der Waals surface area contributed by atoms with Gasteiger partial charge < -0.3 is 4.74 Å². The number of carbonyl (C=O) groups is 2. The highest BCUT2D eigenvalue weighted by molar-refractivity contribution is 6.80. The number of carbonyl (C=O) groups excluding carboxylic acids is 2. The fourth-order valence-corrected chi connectivity index (χ4v) is 3.63. The van der Waals surface area contributed by atoms with Gasteiger partial charge in [-0.1, -0.05) is 129 Å². The molecule has 0 aromatic rings. The summed E-state index contributed by atoms with van der Waals surface area (Å²) in [4.78, 5) is 21.3. The summed E-state index contributed by atoms with van der Waals surface area (Å²) in [7, 11) is 0. The molecule has 0 saturated carbocycles. The number of unbranched alkanes of at least 4 members (excludes halogenated alkanes) is 19. The molecule has 0 aromatic carbocycles. The third kappa shape index (κ3) is 21.7. The van der Waals surface area contributed by atoms with E-state index in [4.69, 9.17) is 16.3 Å². The number of rotatable bonds is 22. The van der Waals surface area contributed by atoms with E-state index >= 15 is 0 Å². The topological polar surface area (TPSA) is 43.4 Å². The number of esters is 1. The summed E-state index contributed by atoms with van der Waals surface area (Å²) in [5, 5.41) is -1.03. The van der Waals surface area contributed by atoms with Gasteiger partial charge in [0.1, 0.15) is 0 Å². The molecule has 0 heterocycles. The van der Waals surface area contributed by atoms with Crippen molar-refractivity contribution in [2.45, 2.75) is 135 Å². The Hall–Kier alpha value is -0.570. The maximum atomic E-state index is 10.8. The Morgan fingerprint density at radius 2 is 0.821 bits per heavy atom. The Labute approximate surface area is 179 Å². The van der Waals surface area contributed by atoms with Crippen LogP contribution in [0.15, 0.2) is 0 Å². The SMILES string of the molecule is CCCCCCCCCCCCCCCCCCCCCCOC(=O)C(=O)Cl. The minimum absolute atomic E-state index is 0.302. The first-order valence-electron chi connectivity index (χ1n) is 12.0. The van der Waals surface area contributed by atoms with Gasteiger partial charge in [0, 0.05) is 0 Å². The lowest BCUT2D eigenvalue weighted by molar-refractivity contribution is -0.150. The van der Waals surface area contributed by atoms with Crippen LogP contribution in [0, 0.1) is 0 Å². The smallest absolute Gasteiger partial charge is 0.391 e. The molecule has 0 amide bonds. The van der Waals surface area contributed by atoms with Crippen molar-refractivity contribution in [2.75, 3.05) is 6.61 Å². The molecule has 0 aliphatic rings. The van der Waals surface area contributed by atoms with Gasteiger partial charge in [0.15, 0.2) is 0 Å². The minimum atomic E-state index is -1.03. The van der Waals surface area contributed by atoms with Crippen molar-refractivity contribution in [2.24, 2.45) is 0 Å². The van der Waals surface area contributed by atoms with Gasteiger partial charge in [-0.3, -0.25) is 4.79 Å². The maximum absolute atomic E-state index is 10.8. The van der Waals surface area contributed by atoms with E-state index in [0.717, 1.165) is 12.8 Å². The molecule has 0 atom stereocenters. The van der Waals surface area contributed by atoms with Crippen LogP contribution in [0.5, 0.6) is 0 Å². The number of ether oxygens (including phenoxy) is 1. The van der Waals surface area contributed by atoms with Crippen molar-refractivity contribution < 1.29 is 14.3 Å². The first-order valence-corrected chi connectivity index (χ1v) is 12.4. The summed E-state index contributed by atoms with van der Waals surface area (Å²) in [6.45, 7) is 2.58. The maximum Gasteiger partial charge on any atom is 0.391 e. The van der Waals surface area contributed by atoms with Gasteiger partial charge in [-0.15, -0.1) is 0 Å². The van der Waals surface area contributed by atoms with Crippen LogP contribution in [0.25, 0.3) is 0 Å². The highest BCUT2D eigenvalue weighted by Gasteiger charge is 2.10. The van der Waals surface area contributed by atoms with E-state index in [9.17, 15) is 9.59 Å². The summed E-state index contributed by atoms with van der Waals surface area (Å²) in [5.41, 5.74) is 0. The molecule has 0 aliphatic heterocycles. The molecule has 4 heteroatoms. The first-order chi connectivity index (χ1) is 13.7. The van der Waals surface area contributed by atoms with Gasteiger partial charge in [0.2, 0.25) is 0 Å². The predicted molar refractivity (Wildman–Crippen MR) is 120 cm³/mol. The normalized spacial score (nSPS) is 10.9. The molecule has 0 rings (SSSR count). The molecule has 0 aliphatic carbocycles. The van der Waals surface area contributed by atoms with E-state index in [1.165, 1.54) is 116 Å². The average Bonchev–Trinajstić information content (AvgIpc) is 2.68. The molecule has 3 nitrogen and oxygen atoms in total. The second-order valence-electron chi connectivity index (χ2n) is 8.13. The standard InChI is InChI=1S/C24H45ClO3/c1-2-3-4-5-6-7-8-9-10-11-12-13-14-15-16-17-18-19-20-21-22-28-24(27)23(25)26/h2-22H2,1H3. The van der Waals surface area contributed by atoms with Crippen molar-refractivity contribution >= 4 is 22.8 Å². The van der Waals surface area contributed by atoms with Gasteiger partial charge >= 0.3 is 11.2 Å². The summed E-state index contributed by atoms with van der Waals surface area (Å²) < 4.78 is 4.72. The summed E-state index contributed by atoms with van der Waals surface area (Å²) in [5.74, 6) is -0.931. The van der Waals surface area contributed by atoms with Crippen LogP contribution in [0.1, 0.15) is 135 Å². The van der Waals surface area contributed by atoms with Crippen LogP contribution in [0.2, 0.25) is 0 Å². The molecule has 0 saturated heterocycles. The predicted octanol–water partition coefficient (Wildman–Crippen LogP) is 8.12. The van der Waals surface area contributed by atoms with E-state index < -0.39 is 11.2 Å². The third-order valence-electron chi connectivity index (χ3n) is 5.39. The van der Waals surface area contributed by atoms with Crippen LogP contribution in [-0.2, 0) is 14.3 Å². The fourth-order valence-electron chi connectivity index (χ4n) is 3.58. The van der Waals surface area contributed by atoms with E-state index in [1.807, 2.05) is 0 Å². The first kappa shape index (κ1) is 27.4. The van der Waals surface area contributed by atoms with Crippen molar-refractivity contribution in [3.8, 4) is 0 Å². The van der Waals surface area contributed by atoms with Crippen LogP contribution < -0.4 is 0 Å². The lowest BCUT2D eigenvalue weighted by Crippen LogP contribution is -2.12. The zero-order valence-corrected chi connectivity index (χ0v) is 19.2. The number of hydrogen-bond acceptors (Lipinski definition) is 3. The van der Waals surface area contributed by atoms with E-state index in [2.05, 4.69) is 6.92 Å². The van der Waals surface area contributed by atoms with Gasteiger partial charge in [-0.05, 0) is 18.0 Å². The van der Waals surface area contributed by atoms with E-state index in [1.54, 1.807) is 0 Å². The molecule has 166 valence electrons. The van der Waals surface area contributed by atoms with Crippen molar-refractivity contribution in [1.82, 2.24) is 0 Å². The summed E-state index contributed by atoms with van der Waals surface area (Å²) in [6, 6.07) is 0. The zero-order chi connectivity index (χ0) is 20.7. The average molecular weight is 417 g/mol. The largest absolute Gasteiger partial charge is 0.459 e. The molecule has 0 spiro atoms. The van der Waals surface area contributed by atoms with Crippen LogP contribution >= 0.6 is 11.6 Å². The van der Waals surface area contributed by atoms with Crippen molar-refractivity contribution in [3.05, 3.63) is 0 Å². The lowest BCUT2D eigenvalue weighted by Gasteiger charge is -2.04. The fraction of sp³-hybridized carbons (Fsp3) is 0.917. The Bertz CT molecular complexity index is 358. The Kier molecular flexibility index (Phi) is 22.3. The van der Waals surface area contributed by atoms with E-state index in [0.29, 0.717) is 6.61 Å². The van der Waals surface area contributed by atoms with Crippen molar-refractivity contribution in [1.29, 1.82) is 0 Å². The summed E-state index contributed by atoms with van der Waals surface area (Å²) >= 11 is 5.01. The zero-order valence-electron chi connectivity index (χ0n) is 18.5. The molecule has 0 fully saturated rings. The monoisotopic (exact) mass is 416 g/mol. The molecular weight excluding hydrogens is 372 g/mol. The van der Waals surface area contributed by atoms with Gasteiger partial charge in [0.25, 0.3) is 0 Å². The van der Waals surface area contributed by atoms with Crippen LogP contribution in [0.4, 0.5) is 0 Å².